The molecule has 178 valence electrons. The zero-order chi connectivity index (χ0) is 25.0. The van der Waals surface area contributed by atoms with Gasteiger partial charge in [-0.2, -0.15) is 5.10 Å². The Morgan fingerprint density at radius 1 is 0.865 bits per heavy atom. The molecule has 6 rings (SSSR count). The number of fused-ring (bicyclic) bond motifs is 1. The van der Waals surface area contributed by atoms with Crippen LogP contribution in [0.3, 0.4) is 0 Å². The van der Waals surface area contributed by atoms with Crippen molar-refractivity contribution in [3.8, 4) is 28.2 Å². The van der Waals surface area contributed by atoms with Gasteiger partial charge in [-0.15, -0.1) is 0 Å². The van der Waals surface area contributed by atoms with Gasteiger partial charge in [-0.3, -0.25) is 14.2 Å². The lowest BCUT2D eigenvalue weighted by Crippen LogP contribution is -2.07. The van der Waals surface area contributed by atoms with E-state index in [4.69, 9.17) is 5.10 Å². The molecule has 2 aromatic carbocycles. The lowest BCUT2D eigenvalue weighted by atomic mass is 10.1. The van der Waals surface area contributed by atoms with Crippen molar-refractivity contribution in [1.29, 1.82) is 0 Å². The van der Waals surface area contributed by atoms with Crippen LogP contribution < -0.4 is 5.32 Å². The number of pyridine rings is 1. The molecule has 1 amide bonds. The molecule has 0 unspecified atom stereocenters. The molecule has 4 aromatic heterocycles. The lowest BCUT2D eigenvalue weighted by molar-refractivity contribution is -0.111. The average molecular weight is 484 g/mol. The first-order valence-corrected chi connectivity index (χ1v) is 11.7. The normalized spacial score (nSPS) is 11.2. The van der Waals surface area contributed by atoms with Gasteiger partial charge in [0.05, 0.1) is 11.4 Å². The van der Waals surface area contributed by atoms with Gasteiger partial charge in [-0.05, 0) is 48.5 Å². The Kier molecular flexibility index (Phi) is 5.80. The summed E-state index contributed by atoms with van der Waals surface area (Å²) in [5, 5.41) is 7.66. The third kappa shape index (κ3) is 4.76. The molecule has 0 fully saturated rings. The second-order valence-electron chi connectivity index (χ2n) is 8.31. The quantitative estimate of drug-likeness (QED) is 0.325. The number of aromatic nitrogens is 6. The van der Waals surface area contributed by atoms with E-state index < -0.39 is 0 Å². The van der Waals surface area contributed by atoms with E-state index in [0.717, 1.165) is 33.8 Å². The maximum atomic E-state index is 12.7. The fourth-order valence-corrected chi connectivity index (χ4v) is 3.99. The minimum Gasteiger partial charge on any atom is -0.323 e. The fourth-order valence-electron chi connectivity index (χ4n) is 3.99. The number of nitrogens with zero attached hydrogens (tertiary/aromatic N) is 6. The van der Waals surface area contributed by atoms with Crippen LogP contribution in [0, 0.1) is 0 Å². The minimum absolute atomic E-state index is 0.241. The van der Waals surface area contributed by atoms with E-state index >= 15 is 0 Å². The second kappa shape index (κ2) is 9.71. The Bertz CT molecular complexity index is 1670. The first kappa shape index (κ1) is 22.1. The summed E-state index contributed by atoms with van der Waals surface area (Å²) in [7, 11) is 0. The van der Waals surface area contributed by atoms with Gasteiger partial charge in [0.25, 0.3) is 0 Å². The Hall–Kier alpha value is -5.37. The summed E-state index contributed by atoms with van der Waals surface area (Å²) in [6.07, 6.45) is 14.2. The minimum atomic E-state index is -0.241. The Morgan fingerprint density at radius 2 is 1.73 bits per heavy atom. The summed E-state index contributed by atoms with van der Waals surface area (Å²) in [6, 6.07) is 23.1. The molecule has 37 heavy (non-hydrogen) atoms. The van der Waals surface area contributed by atoms with E-state index in [2.05, 4.69) is 20.3 Å². The summed E-state index contributed by atoms with van der Waals surface area (Å²) in [6.45, 7) is 0. The van der Waals surface area contributed by atoms with Crippen LogP contribution in [0.5, 0.6) is 0 Å². The molecule has 8 heteroatoms. The average Bonchev–Trinajstić information content (AvgIpc) is 3.58. The van der Waals surface area contributed by atoms with Crippen molar-refractivity contribution in [3.63, 3.8) is 0 Å². The number of rotatable bonds is 6. The number of amides is 1. The van der Waals surface area contributed by atoms with Crippen LogP contribution in [0.15, 0.2) is 116 Å². The van der Waals surface area contributed by atoms with E-state index in [-0.39, 0.29) is 5.91 Å². The molecule has 0 spiro atoms. The van der Waals surface area contributed by atoms with Crippen molar-refractivity contribution in [2.24, 2.45) is 0 Å². The van der Waals surface area contributed by atoms with Crippen LogP contribution in [0.1, 0.15) is 5.56 Å². The summed E-state index contributed by atoms with van der Waals surface area (Å²) >= 11 is 0. The zero-order valence-corrected chi connectivity index (χ0v) is 19.6. The molecule has 0 saturated heterocycles. The van der Waals surface area contributed by atoms with E-state index in [1.165, 1.54) is 6.08 Å². The Labute approximate surface area is 212 Å². The number of hydrogen-bond donors (Lipinski definition) is 1. The maximum absolute atomic E-state index is 12.7. The summed E-state index contributed by atoms with van der Waals surface area (Å²) < 4.78 is 3.67. The molecule has 6 aromatic rings. The van der Waals surface area contributed by atoms with Crippen molar-refractivity contribution in [2.45, 2.75) is 0 Å². The van der Waals surface area contributed by atoms with Crippen molar-refractivity contribution >= 4 is 23.4 Å². The van der Waals surface area contributed by atoms with Gasteiger partial charge in [0.15, 0.2) is 0 Å². The standard InChI is InChI=1S/C29H21N7O/c37-27(32-24-12-9-21(10-13-24)26-20-35-17-5-16-31-29(35)33-26)14-11-23-19-36(25-7-2-1-3-8-25)34-28(23)22-6-4-15-30-18-22/h1-20H,(H,32,37)/b14-11+. The molecule has 1 N–H and O–H groups in total. The van der Waals surface area contributed by atoms with Crippen LogP contribution in [-0.2, 0) is 4.79 Å². The largest absolute Gasteiger partial charge is 0.323 e. The molecule has 0 bridgehead atoms. The van der Waals surface area contributed by atoms with Crippen molar-refractivity contribution < 1.29 is 4.79 Å². The monoisotopic (exact) mass is 483 g/mol. The van der Waals surface area contributed by atoms with Crippen LogP contribution in [-0.4, -0.2) is 35.0 Å². The van der Waals surface area contributed by atoms with Crippen molar-refractivity contribution in [1.82, 2.24) is 29.1 Å². The van der Waals surface area contributed by atoms with E-state index in [1.54, 1.807) is 29.3 Å². The number of hydrogen-bond acceptors (Lipinski definition) is 5. The fraction of sp³-hybridized carbons (Fsp3) is 0. The van der Waals surface area contributed by atoms with Crippen LogP contribution in [0.4, 0.5) is 5.69 Å². The lowest BCUT2D eigenvalue weighted by Gasteiger charge is -2.03. The highest BCUT2D eigenvalue weighted by atomic mass is 16.1. The first-order valence-electron chi connectivity index (χ1n) is 11.7. The molecule has 8 nitrogen and oxygen atoms in total. The number of nitrogens with one attached hydrogen (secondary N) is 1. The number of imidazole rings is 1. The molecule has 0 radical (unpaired) electrons. The highest BCUT2D eigenvalue weighted by Crippen LogP contribution is 2.25. The van der Waals surface area contributed by atoms with E-state index in [0.29, 0.717) is 11.5 Å². The molecule has 0 aliphatic heterocycles. The molecule has 0 saturated carbocycles. The Balaban J connectivity index is 1.21. The van der Waals surface area contributed by atoms with Gasteiger partial charge in [0.1, 0.15) is 5.69 Å². The molecule has 0 atom stereocenters. The van der Waals surface area contributed by atoms with Gasteiger partial charge in [0, 0.05) is 65.6 Å². The van der Waals surface area contributed by atoms with Crippen LogP contribution in [0.25, 0.3) is 40.1 Å². The number of carbonyl (C=O) groups excluding carboxylic acids is 1. The third-order valence-electron chi connectivity index (χ3n) is 5.80. The smallest absolute Gasteiger partial charge is 0.248 e. The second-order valence-corrected chi connectivity index (χ2v) is 8.31. The Morgan fingerprint density at radius 3 is 2.51 bits per heavy atom. The number of para-hydroxylation sites is 1. The van der Waals surface area contributed by atoms with Gasteiger partial charge in [-0.25, -0.2) is 14.6 Å². The van der Waals surface area contributed by atoms with Crippen LogP contribution in [0.2, 0.25) is 0 Å². The highest BCUT2D eigenvalue weighted by molar-refractivity contribution is 6.02. The predicted molar refractivity (Wildman–Crippen MR) is 143 cm³/mol. The number of anilines is 1. The zero-order valence-electron chi connectivity index (χ0n) is 19.6. The molecule has 4 heterocycles. The third-order valence-corrected chi connectivity index (χ3v) is 5.80. The number of benzene rings is 2. The van der Waals surface area contributed by atoms with Gasteiger partial charge in [0.2, 0.25) is 11.7 Å². The number of carbonyl (C=O) groups is 1. The molecular formula is C29H21N7O. The molecule has 0 aliphatic rings. The summed E-state index contributed by atoms with van der Waals surface area (Å²) in [4.78, 5) is 25.7. The SMILES string of the molecule is O=C(/C=C/c1cn(-c2ccccc2)nc1-c1cccnc1)Nc1ccc(-c2cn3cccnc3n2)cc1. The first-order chi connectivity index (χ1) is 18.2. The van der Waals surface area contributed by atoms with Crippen molar-refractivity contribution in [2.75, 3.05) is 5.32 Å². The highest BCUT2D eigenvalue weighted by Gasteiger charge is 2.11. The van der Waals surface area contributed by atoms with Gasteiger partial charge >= 0.3 is 0 Å². The van der Waals surface area contributed by atoms with E-state index in [1.807, 2.05) is 95.8 Å². The topological polar surface area (TPSA) is 90.0 Å². The summed E-state index contributed by atoms with van der Waals surface area (Å²) in [5.41, 5.74) is 5.79. The van der Waals surface area contributed by atoms with Crippen LogP contribution >= 0.6 is 0 Å². The van der Waals surface area contributed by atoms with Gasteiger partial charge in [-0.1, -0.05) is 30.3 Å². The molecule has 0 aliphatic carbocycles. The maximum Gasteiger partial charge on any atom is 0.248 e. The van der Waals surface area contributed by atoms with E-state index in [9.17, 15) is 4.79 Å². The van der Waals surface area contributed by atoms with Crippen molar-refractivity contribution in [3.05, 3.63) is 122 Å². The molecular weight excluding hydrogens is 462 g/mol. The predicted octanol–water partition coefficient (Wildman–Crippen LogP) is 5.30. The summed E-state index contributed by atoms with van der Waals surface area (Å²) in [5.74, 6) is 0.399. The van der Waals surface area contributed by atoms with Gasteiger partial charge < -0.3 is 5.32 Å².